The van der Waals surface area contributed by atoms with Gasteiger partial charge in [-0.1, -0.05) is 30.3 Å². The average Bonchev–Trinajstić information content (AvgIpc) is 2.34. The molecule has 0 aromatic heterocycles. The van der Waals surface area contributed by atoms with Crippen molar-refractivity contribution in [3.63, 3.8) is 0 Å². The van der Waals surface area contributed by atoms with Gasteiger partial charge in [-0.2, -0.15) is 13.2 Å². The molecule has 0 radical (unpaired) electrons. The van der Waals surface area contributed by atoms with Gasteiger partial charge in [0.25, 0.3) is 5.60 Å². The maximum Gasteiger partial charge on any atom is 0.428 e. The van der Waals surface area contributed by atoms with E-state index in [1.54, 1.807) is 30.3 Å². The van der Waals surface area contributed by atoms with Gasteiger partial charge in [-0.15, -0.1) is 0 Å². The highest BCUT2D eigenvalue weighted by Crippen LogP contribution is 2.35. The maximum atomic E-state index is 12.8. The van der Waals surface area contributed by atoms with Crippen molar-refractivity contribution in [2.45, 2.75) is 25.3 Å². The molecule has 3 nitrogen and oxygen atoms in total. The third-order valence-corrected chi connectivity index (χ3v) is 2.49. The van der Waals surface area contributed by atoms with Crippen molar-refractivity contribution in [2.24, 2.45) is 0 Å². The lowest BCUT2D eigenvalue weighted by atomic mass is 10.1. The molecule has 18 heavy (non-hydrogen) atoms. The number of carbonyl (C=O) groups excluding carboxylic acids is 1. The lowest BCUT2D eigenvalue weighted by Gasteiger charge is -2.29. The number of ether oxygens (including phenoxy) is 2. The van der Waals surface area contributed by atoms with Crippen LogP contribution in [0, 0.1) is 0 Å². The summed E-state index contributed by atoms with van der Waals surface area (Å²) >= 11 is 0. The van der Waals surface area contributed by atoms with E-state index in [4.69, 9.17) is 4.74 Å². The molecule has 0 saturated carbocycles. The van der Waals surface area contributed by atoms with Crippen LogP contribution in [-0.2, 0) is 20.9 Å². The van der Waals surface area contributed by atoms with Crippen molar-refractivity contribution in [2.75, 3.05) is 7.11 Å². The molecule has 0 unspecified atom stereocenters. The summed E-state index contributed by atoms with van der Waals surface area (Å²) in [7, 11) is 0.887. The second-order valence-electron chi connectivity index (χ2n) is 3.80. The van der Waals surface area contributed by atoms with Gasteiger partial charge < -0.3 is 9.47 Å². The Kier molecular flexibility index (Phi) is 4.34. The molecular formula is C12H13F3O3. The summed E-state index contributed by atoms with van der Waals surface area (Å²) in [5, 5.41) is 0. The largest absolute Gasteiger partial charge is 0.467 e. The number of hydrogen-bond acceptors (Lipinski definition) is 3. The molecule has 6 heteroatoms. The molecule has 0 aliphatic carbocycles. The van der Waals surface area contributed by atoms with Crippen molar-refractivity contribution in [1.29, 1.82) is 0 Å². The average molecular weight is 262 g/mol. The van der Waals surface area contributed by atoms with Crippen LogP contribution in [-0.4, -0.2) is 24.9 Å². The third kappa shape index (κ3) is 3.01. The van der Waals surface area contributed by atoms with Crippen LogP contribution in [0.3, 0.4) is 0 Å². The van der Waals surface area contributed by atoms with Crippen molar-refractivity contribution in [3.05, 3.63) is 35.9 Å². The van der Waals surface area contributed by atoms with Crippen LogP contribution in [0.15, 0.2) is 30.3 Å². The number of esters is 1. The van der Waals surface area contributed by atoms with E-state index in [0.29, 0.717) is 12.5 Å². The zero-order chi connectivity index (χ0) is 13.8. The summed E-state index contributed by atoms with van der Waals surface area (Å²) in [5.74, 6) is -1.47. The normalized spacial score (nSPS) is 14.9. The van der Waals surface area contributed by atoms with Crippen molar-refractivity contribution < 1.29 is 27.4 Å². The van der Waals surface area contributed by atoms with Gasteiger partial charge in [0.15, 0.2) is 0 Å². The van der Waals surface area contributed by atoms with E-state index in [0.717, 1.165) is 7.11 Å². The van der Waals surface area contributed by atoms with Crippen LogP contribution in [0.4, 0.5) is 13.2 Å². The summed E-state index contributed by atoms with van der Waals surface area (Å²) < 4.78 is 47.3. The van der Waals surface area contributed by atoms with E-state index in [2.05, 4.69) is 4.74 Å². The number of alkyl halides is 3. The van der Waals surface area contributed by atoms with Crippen molar-refractivity contribution in [3.8, 4) is 0 Å². The third-order valence-electron chi connectivity index (χ3n) is 2.49. The molecule has 0 N–H and O–H groups in total. The molecule has 1 aromatic rings. The van der Waals surface area contributed by atoms with Crippen LogP contribution in [0.5, 0.6) is 0 Å². The second-order valence-corrected chi connectivity index (χ2v) is 3.80. The maximum absolute atomic E-state index is 12.8. The molecule has 0 saturated heterocycles. The first-order chi connectivity index (χ1) is 8.31. The number of benzene rings is 1. The highest BCUT2D eigenvalue weighted by atomic mass is 19.4. The summed E-state index contributed by atoms with van der Waals surface area (Å²) in [6, 6.07) is 8.28. The van der Waals surface area contributed by atoms with Gasteiger partial charge in [0.2, 0.25) is 0 Å². The van der Waals surface area contributed by atoms with Crippen LogP contribution >= 0.6 is 0 Å². The van der Waals surface area contributed by atoms with Crippen LogP contribution in [0.2, 0.25) is 0 Å². The Labute approximate surface area is 103 Å². The minimum atomic E-state index is -4.84. The Morgan fingerprint density at radius 3 is 2.22 bits per heavy atom. The molecule has 0 aliphatic heterocycles. The van der Waals surface area contributed by atoms with E-state index >= 15 is 0 Å². The first-order valence-electron chi connectivity index (χ1n) is 5.14. The van der Waals surface area contributed by atoms with Crippen LogP contribution in [0.1, 0.15) is 12.5 Å². The molecule has 0 bridgehead atoms. The molecule has 0 fully saturated rings. The molecule has 0 heterocycles. The zero-order valence-corrected chi connectivity index (χ0v) is 9.95. The minimum Gasteiger partial charge on any atom is -0.467 e. The number of carbonyl (C=O) groups is 1. The SMILES string of the molecule is COC(=O)[C@](C)(OCc1ccccc1)C(F)(F)F. The Morgan fingerprint density at radius 1 is 1.22 bits per heavy atom. The smallest absolute Gasteiger partial charge is 0.428 e. The van der Waals surface area contributed by atoms with Gasteiger partial charge in [-0.3, -0.25) is 0 Å². The Hall–Kier alpha value is -1.56. The Bertz CT molecular complexity index is 403. The summed E-state index contributed by atoms with van der Waals surface area (Å²) in [5.41, 5.74) is -2.42. The molecule has 0 aliphatic rings. The Balaban J connectivity index is 2.84. The van der Waals surface area contributed by atoms with Gasteiger partial charge in [-0.05, 0) is 12.5 Å². The van der Waals surface area contributed by atoms with Crippen molar-refractivity contribution >= 4 is 5.97 Å². The van der Waals surface area contributed by atoms with Gasteiger partial charge in [0, 0.05) is 0 Å². The first-order valence-corrected chi connectivity index (χ1v) is 5.14. The summed E-state index contributed by atoms with van der Waals surface area (Å²) in [6.45, 7) is 0.327. The minimum absolute atomic E-state index is 0.327. The summed E-state index contributed by atoms with van der Waals surface area (Å²) in [6.07, 6.45) is -4.84. The number of halogens is 3. The van der Waals surface area contributed by atoms with Crippen LogP contribution in [0.25, 0.3) is 0 Å². The van der Waals surface area contributed by atoms with Crippen LogP contribution < -0.4 is 0 Å². The fraction of sp³-hybridized carbons (Fsp3) is 0.417. The zero-order valence-electron chi connectivity index (χ0n) is 9.95. The predicted molar refractivity (Wildman–Crippen MR) is 57.7 cm³/mol. The standard InChI is InChI=1S/C12H13F3O3/c1-11(10(16)17-2,12(13,14)15)18-8-9-6-4-3-5-7-9/h3-7H,8H2,1-2H3/t11-/m0/s1. The van der Waals surface area contributed by atoms with Gasteiger partial charge in [0.1, 0.15) is 0 Å². The predicted octanol–water partition coefficient (Wildman–Crippen LogP) is 2.70. The van der Waals surface area contributed by atoms with Gasteiger partial charge in [0.05, 0.1) is 13.7 Å². The number of rotatable bonds is 4. The highest BCUT2D eigenvalue weighted by molar-refractivity contribution is 5.80. The van der Waals surface area contributed by atoms with Gasteiger partial charge >= 0.3 is 12.1 Å². The van der Waals surface area contributed by atoms with E-state index in [-0.39, 0.29) is 6.61 Å². The fourth-order valence-electron chi connectivity index (χ4n) is 1.25. The fourth-order valence-corrected chi connectivity index (χ4v) is 1.25. The monoisotopic (exact) mass is 262 g/mol. The van der Waals surface area contributed by atoms with E-state index in [9.17, 15) is 18.0 Å². The molecule has 1 rings (SSSR count). The molecule has 1 aromatic carbocycles. The quantitative estimate of drug-likeness (QED) is 0.783. The molecule has 0 spiro atoms. The lowest BCUT2D eigenvalue weighted by molar-refractivity contribution is -0.273. The van der Waals surface area contributed by atoms with E-state index < -0.39 is 17.7 Å². The molecular weight excluding hydrogens is 249 g/mol. The number of hydrogen-bond donors (Lipinski definition) is 0. The first kappa shape index (κ1) is 14.5. The molecule has 1 atom stereocenters. The van der Waals surface area contributed by atoms with Crippen molar-refractivity contribution in [1.82, 2.24) is 0 Å². The topological polar surface area (TPSA) is 35.5 Å². The Morgan fingerprint density at radius 2 is 1.78 bits per heavy atom. The molecule has 0 amide bonds. The molecule has 100 valence electrons. The van der Waals surface area contributed by atoms with Gasteiger partial charge in [-0.25, -0.2) is 4.79 Å². The van der Waals surface area contributed by atoms with E-state index in [1.165, 1.54) is 0 Å². The van der Waals surface area contributed by atoms with E-state index in [1.807, 2.05) is 0 Å². The summed E-state index contributed by atoms with van der Waals surface area (Å²) in [4.78, 5) is 11.2. The highest BCUT2D eigenvalue weighted by Gasteiger charge is 2.59. The number of methoxy groups -OCH3 is 1. The lowest BCUT2D eigenvalue weighted by Crippen LogP contribution is -2.52. The second kappa shape index (κ2) is 5.39.